The molecule has 0 aliphatic rings. The first-order valence-corrected chi connectivity index (χ1v) is 5.13. The van der Waals surface area contributed by atoms with Crippen LogP contribution in [0.3, 0.4) is 0 Å². The molecule has 0 aromatic heterocycles. The maximum Gasteiger partial charge on any atom is 0.0757 e. The molecule has 0 heterocycles. The number of rotatable bonds is 3. The minimum Gasteiger partial charge on any atom is -0.376 e. The molecule has 2 heteroatoms. The molecular weight excluding hydrogens is 206 g/mol. The molecule has 2 aromatic rings. The van der Waals surface area contributed by atoms with Gasteiger partial charge in [0.15, 0.2) is 0 Å². The highest BCUT2D eigenvalue weighted by Crippen LogP contribution is 2.14. The molecular formula is C13H11ClN. The highest BCUT2D eigenvalue weighted by atomic mass is 35.5. The lowest BCUT2D eigenvalue weighted by Gasteiger charge is -2.05. The minimum absolute atomic E-state index is 0.750. The van der Waals surface area contributed by atoms with E-state index in [4.69, 9.17) is 11.6 Å². The molecule has 0 spiro atoms. The van der Waals surface area contributed by atoms with Gasteiger partial charge in [-0.05, 0) is 29.8 Å². The van der Waals surface area contributed by atoms with Gasteiger partial charge in [-0.25, -0.2) is 0 Å². The van der Waals surface area contributed by atoms with Gasteiger partial charge in [0, 0.05) is 10.7 Å². The van der Waals surface area contributed by atoms with E-state index in [2.05, 4.69) is 5.32 Å². The second-order valence-corrected chi connectivity index (χ2v) is 3.64. The molecule has 0 aliphatic carbocycles. The summed E-state index contributed by atoms with van der Waals surface area (Å²) in [6.45, 7) is 1.96. The van der Waals surface area contributed by atoms with E-state index < -0.39 is 0 Å². The number of hydrogen-bond acceptors (Lipinski definition) is 1. The van der Waals surface area contributed by atoms with Crippen LogP contribution < -0.4 is 5.32 Å². The zero-order valence-corrected chi connectivity index (χ0v) is 8.91. The molecule has 0 bridgehead atoms. The molecule has 0 saturated heterocycles. The van der Waals surface area contributed by atoms with Crippen molar-refractivity contribution in [2.45, 2.75) is 0 Å². The third-order valence-electron chi connectivity index (χ3n) is 2.05. The largest absolute Gasteiger partial charge is 0.376 e. The molecule has 15 heavy (non-hydrogen) atoms. The fourth-order valence-corrected chi connectivity index (χ4v) is 1.39. The monoisotopic (exact) mass is 216 g/mol. The van der Waals surface area contributed by atoms with Crippen molar-refractivity contribution in [1.29, 1.82) is 0 Å². The molecule has 0 fully saturated rings. The molecule has 2 rings (SSSR count). The molecule has 2 aromatic carbocycles. The van der Waals surface area contributed by atoms with Crippen LogP contribution in [0.25, 0.3) is 0 Å². The fourth-order valence-electron chi connectivity index (χ4n) is 1.26. The Labute approximate surface area is 94.7 Å². The Bertz CT molecular complexity index is 408. The van der Waals surface area contributed by atoms with Crippen LogP contribution in [-0.4, -0.2) is 0 Å². The Hall–Kier alpha value is -1.47. The normalized spacial score (nSPS) is 9.93. The van der Waals surface area contributed by atoms with E-state index >= 15 is 0 Å². The smallest absolute Gasteiger partial charge is 0.0757 e. The van der Waals surface area contributed by atoms with Crippen LogP contribution in [0.2, 0.25) is 5.02 Å². The summed E-state index contributed by atoms with van der Waals surface area (Å²) >= 11 is 5.79. The van der Waals surface area contributed by atoms with E-state index in [0.717, 1.165) is 16.3 Å². The van der Waals surface area contributed by atoms with Gasteiger partial charge in [0.25, 0.3) is 0 Å². The van der Waals surface area contributed by atoms with Crippen LogP contribution in [0.4, 0.5) is 5.69 Å². The van der Waals surface area contributed by atoms with Crippen molar-refractivity contribution in [2.24, 2.45) is 0 Å². The highest BCUT2D eigenvalue weighted by molar-refractivity contribution is 6.30. The van der Waals surface area contributed by atoms with Crippen LogP contribution in [-0.2, 0) is 0 Å². The number of nitrogens with one attached hydrogen (secondary N) is 1. The molecule has 1 N–H and O–H groups in total. The summed E-state index contributed by atoms with van der Waals surface area (Å²) in [6.07, 6.45) is 0. The lowest BCUT2D eigenvalue weighted by atomic mass is 10.2. The maximum atomic E-state index is 5.79. The predicted molar refractivity (Wildman–Crippen MR) is 64.9 cm³/mol. The Morgan fingerprint density at radius 2 is 1.53 bits per heavy atom. The zero-order valence-electron chi connectivity index (χ0n) is 8.15. The lowest BCUT2D eigenvalue weighted by Crippen LogP contribution is -1.95. The van der Waals surface area contributed by atoms with Crippen molar-refractivity contribution in [3.63, 3.8) is 0 Å². The summed E-state index contributed by atoms with van der Waals surface area (Å²) in [6, 6.07) is 17.7. The van der Waals surface area contributed by atoms with Gasteiger partial charge in [0.1, 0.15) is 0 Å². The highest BCUT2D eigenvalue weighted by Gasteiger charge is 1.93. The predicted octanol–water partition coefficient (Wildman–Crippen LogP) is 3.96. The first-order valence-electron chi connectivity index (χ1n) is 4.75. The summed E-state index contributed by atoms with van der Waals surface area (Å²) in [5.41, 5.74) is 2.18. The summed E-state index contributed by atoms with van der Waals surface area (Å²) < 4.78 is 0. The molecule has 0 amide bonds. The molecule has 0 unspecified atom stereocenters. The van der Waals surface area contributed by atoms with Gasteiger partial charge in [-0.3, -0.25) is 0 Å². The van der Waals surface area contributed by atoms with Gasteiger partial charge >= 0.3 is 0 Å². The van der Waals surface area contributed by atoms with Gasteiger partial charge in [-0.2, -0.15) is 0 Å². The van der Waals surface area contributed by atoms with Crippen LogP contribution in [0.15, 0.2) is 54.6 Å². The van der Waals surface area contributed by atoms with E-state index in [-0.39, 0.29) is 0 Å². The summed E-state index contributed by atoms with van der Waals surface area (Å²) in [5.74, 6) is 0. The first-order chi connectivity index (χ1) is 7.34. The van der Waals surface area contributed by atoms with E-state index in [1.807, 2.05) is 61.1 Å². The van der Waals surface area contributed by atoms with E-state index in [9.17, 15) is 0 Å². The summed E-state index contributed by atoms with van der Waals surface area (Å²) in [5, 5.41) is 3.95. The topological polar surface area (TPSA) is 12.0 Å². The van der Waals surface area contributed by atoms with Crippen LogP contribution >= 0.6 is 11.6 Å². The van der Waals surface area contributed by atoms with Gasteiger partial charge in [-0.15, -0.1) is 0 Å². The van der Waals surface area contributed by atoms with Crippen molar-refractivity contribution >= 4 is 17.3 Å². The van der Waals surface area contributed by atoms with Crippen molar-refractivity contribution in [1.82, 2.24) is 0 Å². The standard InChI is InChI=1S/C13H11ClN/c14-12-6-8-13(9-7-12)15-10-11-4-2-1-3-5-11/h1-10,15H. The van der Waals surface area contributed by atoms with Gasteiger partial charge < -0.3 is 5.32 Å². The third-order valence-corrected chi connectivity index (χ3v) is 2.30. The average Bonchev–Trinajstić information content (AvgIpc) is 2.30. The maximum absolute atomic E-state index is 5.79. The van der Waals surface area contributed by atoms with Gasteiger partial charge in [0.2, 0.25) is 0 Å². The number of benzene rings is 2. The van der Waals surface area contributed by atoms with Crippen molar-refractivity contribution < 1.29 is 0 Å². The zero-order chi connectivity index (χ0) is 10.5. The molecule has 1 nitrogen and oxygen atoms in total. The molecule has 0 atom stereocenters. The van der Waals surface area contributed by atoms with Crippen molar-refractivity contribution in [2.75, 3.05) is 5.32 Å². The first kappa shape index (κ1) is 10.1. The number of hydrogen-bond donors (Lipinski definition) is 1. The molecule has 0 saturated carbocycles. The van der Waals surface area contributed by atoms with Crippen molar-refractivity contribution in [3.05, 3.63) is 71.7 Å². The Morgan fingerprint density at radius 1 is 0.867 bits per heavy atom. The van der Waals surface area contributed by atoms with Crippen LogP contribution in [0, 0.1) is 6.54 Å². The molecule has 0 aliphatic heterocycles. The average molecular weight is 217 g/mol. The van der Waals surface area contributed by atoms with Gasteiger partial charge in [0.05, 0.1) is 6.54 Å². The number of halogens is 1. The quantitative estimate of drug-likeness (QED) is 0.819. The van der Waals surface area contributed by atoms with Crippen LogP contribution in [0.1, 0.15) is 5.56 Å². The van der Waals surface area contributed by atoms with Gasteiger partial charge in [-0.1, -0.05) is 41.9 Å². The Morgan fingerprint density at radius 3 is 2.20 bits per heavy atom. The van der Waals surface area contributed by atoms with E-state index in [0.29, 0.717) is 0 Å². The Balaban J connectivity index is 1.96. The molecule has 1 radical (unpaired) electrons. The second kappa shape index (κ2) is 4.85. The molecule has 75 valence electrons. The van der Waals surface area contributed by atoms with E-state index in [1.165, 1.54) is 0 Å². The minimum atomic E-state index is 0.750. The second-order valence-electron chi connectivity index (χ2n) is 3.21. The van der Waals surface area contributed by atoms with E-state index in [1.54, 1.807) is 0 Å². The van der Waals surface area contributed by atoms with Crippen molar-refractivity contribution in [3.8, 4) is 0 Å². The summed E-state index contributed by atoms with van der Waals surface area (Å²) in [7, 11) is 0. The summed E-state index contributed by atoms with van der Waals surface area (Å²) in [4.78, 5) is 0. The number of anilines is 1. The Kier molecular flexibility index (Phi) is 3.25. The fraction of sp³-hybridized carbons (Fsp3) is 0. The SMILES string of the molecule is Clc1ccc(N[CH]c2ccccc2)cc1. The third kappa shape index (κ3) is 3.00. The lowest BCUT2D eigenvalue weighted by molar-refractivity contribution is 1.40. The van der Waals surface area contributed by atoms with Crippen LogP contribution in [0.5, 0.6) is 0 Å².